The van der Waals surface area contributed by atoms with Gasteiger partial charge in [0.15, 0.2) is 0 Å². The number of halogens is 1. The van der Waals surface area contributed by atoms with E-state index in [0.717, 1.165) is 16.5 Å². The third-order valence-corrected chi connectivity index (χ3v) is 4.70. The Balaban J connectivity index is 2.14. The molecule has 1 saturated carbocycles. The zero-order chi connectivity index (χ0) is 16.1. The quantitative estimate of drug-likeness (QED) is 0.779. The molecule has 3 aromatic rings. The maximum atomic E-state index is 12.5. The molecule has 0 atom stereocenters. The van der Waals surface area contributed by atoms with Crippen molar-refractivity contribution < 1.29 is 0 Å². The summed E-state index contributed by atoms with van der Waals surface area (Å²) in [5, 5.41) is 1.32. The van der Waals surface area contributed by atoms with Gasteiger partial charge in [0.25, 0.3) is 0 Å². The molecule has 1 fully saturated rings. The number of rotatable bonds is 2. The van der Waals surface area contributed by atoms with Gasteiger partial charge in [-0.2, -0.15) is 4.98 Å². The molecule has 4 nitrogen and oxygen atoms in total. The van der Waals surface area contributed by atoms with Gasteiger partial charge in [-0.15, -0.1) is 0 Å². The van der Waals surface area contributed by atoms with Crippen molar-refractivity contribution in [2.24, 2.45) is 0 Å². The number of hydrogen-bond donors (Lipinski definition) is 1. The molecule has 0 radical (unpaired) electrons. The molecule has 0 amide bonds. The van der Waals surface area contributed by atoms with Gasteiger partial charge in [-0.25, -0.2) is 4.79 Å². The lowest BCUT2D eigenvalue weighted by atomic mass is 10.0. The summed E-state index contributed by atoms with van der Waals surface area (Å²) >= 11 is 6.31. The highest BCUT2D eigenvalue weighted by molar-refractivity contribution is 6.32. The van der Waals surface area contributed by atoms with Crippen LogP contribution in [0.4, 0.5) is 5.82 Å². The van der Waals surface area contributed by atoms with Crippen molar-refractivity contribution in [1.29, 1.82) is 0 Å². The number of para-hydroxylation sites is 1. The topological polar surface area (TPSA) is 60.9 Å². The Morgan fingerprint density at radius 3 is 2.70 bits per heavy atom. The highest BCUT2D eigenvalue weighted by Crippen LogP contribution is 2.42. The van der Waals surface area contributed by atoms with Gasteiger partial charge in [0.05, 0.1) is 16.2 Å². The summed E-state index contributed by atoms with van der Waals surface area (Å²) in [6, 6.07) is 11.5. The molecule has 23 heavy (non-hydrogen) atoms. The lowest BCUT2D eigenvalue weighted by Crippen LogP contribution is -2.23. The Morgan fingerprint density at radius 1 is 1.26 bits per heavy atom. The van der Waals surface area contributed by atoms with Crippen LogP contribution in [0.5, 0.6) is 0 Å². The number of hydrogen-bond acceptors (Lipinski definition) is 3. The maximum Gasteiger partial charge on any atom is 0.354 e. The standard InChI is InChI=1S/C18H16ClN3O/c1-10-8-12(11-6-7-11)9-15-16(10)17(20)21-18(23)22(15)14-5-3-2-4-13(14)19/h2-5,8-9,11H,6-7H2,1H3,(H2,20,21,23). The van der Waals surface area contributed by atoms with Gasteiger partial charge >= 0.3 is 5.69 Å². The van der Waals surface area contributed by atoms with Crippen molar-refractivity contribution in [3.05, 3.63) is 63.0 Å². The molecule has 0 bridgehead atoms. The molecule has 1 aliphatic carbocycles. The van der Waals surface area contributed by atoms with E-state index in [1.807, 2.05) is 25.1 Å². The largest absolute Gasteiger partial charge is 0.383 e. The van der Waals surface area contributed by atoms with Gasteiger partial charge in [0, 0.05) is 5.39 Å². The molecule has 2 aromatic carbocycles. The van der Waals surface area contributed by atoms with Crippen LogP contribution in [0.2, 0.25) is 5.02 Å². The molecule has 5 heteroatoms. The number of nitrogens with two attached hydrogens (primary N) is 1. The monoisotopic (exact) mass is 325 g/mol. The molecule has 116 valence electrons. The van der Waals surface area contributed by atoms with E-state index in [-0.39, 0.29) is 5.82 Å². The number of nitrogen functional groups attached to an aromatic ring is 1. The second kappa shape index (κ2) is 5.10. The van der Waals surface area contributed by atoms with Gasteiger partial charge in [-0.05, 0) is 55.0 Å². The van der Waals surface area contributed by atoms with E-state index in [1.54, 1.807) is 10.6 Å². The normalized spacial score (nSPS) is 14.3. The summed E-state index contributed by atoms with van der Waals surface area (Å²) in [5.41, 5.74) is 9.31. The van der Waals surface area contributed by atoms with E-state index in [1.165, 1.54) is 18.4 Å². The zero-order valence-corrected chi connectivity index (χ0v) is 13.5. The molecule has 4 rings (SSSR count). The van der Waals surface area contributed by atoms with Crippen molar-refractivity contribution in [1.82, 2.24) is 9.55 Å². The molecule has 0 unspecified atom stereocenters. The highest BCUT2D eigenvalue weighted by atomic mass is 35.5. The van der Waals surface area contributed by atoms with E-state index < -0.39 is 5.69 Å². The molecule has 2 N–H and O–H groups in total. The average Bonchev–Trinajstić information content (AvgIpc) is 3.33. The van der Waals surface area contributed by atoms with Crippen molar-refractivity contribution in [2.45, 2.75) is 25.7 Å². The van der Waals surface area contributed by atoms with E-state index in [4.69, 9.17) is 17.3 Å². The van der Waals surface area contributed by atoms with Gasteiger partial charge < -0.3 is 5.73 Å². The minimum atomic E-state index is -0.407. The number of aromatic nitrogens is 2. The summed E-state index contributed by atoms with van der Waals surface area (Å²) < 4.78 is 1.56. The second-order valence-corrected chi connectivity index (χ2v) is 6.48. The van der Waals surface area contributed by atoms with Crippen LogP contribution in [0, 0.1) is 6.92 Å². The molecule has 0 aliphatic heterocycles. The molecule has 1 aliphatic rings. The summed E-state index contributed by atoms with van der Waals surface area (Å²) in [6.45, 7) is 2.01. The minimum absolute atomic E-state index is 0.271. The summed E-state index contributed by atoms with van der Waals surface area (Å²) in [6.07, 6.45) is 2.39. The SMILES string of the molecule is Cc1cc(C2CC2)cc2c1c(N)nc(=O)n2-c1ccccc1Cl. The molecular weight excluding hydrogens is 310 g/mol. The van der Waals surface area contributed by atoms with Gasteiger partial charge in [-0.1, -0.05) is 29.8 Å². The number of fused-ring (bicyclic) bond motifs is 1. The first-order valence-corrected chi connectivity index (χ1v) is 8.02. The molecule has 1 aromatic heterocycles. The molecule has 0 saturated heterocycles. The summed E-state index contributed by atoms with van der Waals surface area (Å²) in [4.78, 5) is 16.5. The van der Waals surface area contributed by atoms with E-state index in [2.05, 4.69) is 17.1 Å². The fraction of sp³-hybridized carbons (Fsp3) is 0.222. The van der Waals surface area contributed by atoms with E-state index >= 15 is 0 Å². The van der Waals surface area contributed by atoms with E-state index in [0.29, 0.717) is 16.6 Å². The van der Waals surface area contributed by atoms with Crippen LogP contribution >= 0.6 is 11.6 Å². The van der Waals surface area contributed by atoms with Crippen molar-refractivity contribution in [3.63, 3.8) is 0 Å². The highest BCUT2D eigenvalue weighted by Gasteiger charge is 2.25. The third-order valence-electron chi connectivity index (χ3n) is 4.38. The summed E-state index contributed by atoms with van der Waals surface area (Å²) in [5.74, 6) is 0.857. The lowest BCUT2D eigenvalue weighted by molar-refractivity contribution is 0.960. The first-order chi connectivity index (χ1) is 11.1. The maximum absolute atomic E-state index is 12.5. The fourth-order valence-corrected chi connectivity index (χ4v) is 3.36. The fourth-order valence-electron chi connectivity index (χ4n) is 3.14. The summed E-state index contributed by atoms with van der Waals surface area (Å²) in [7, 11) is 0. The van der Waals surface area contributed by atoms with Crippen LogP contribution in [-0.4, -0.2) is 9.55 Å². The van der Waals surface area contributed by atoms with Crippen LogP contribution in [0.15, 0.2) is 41.2 Å². The van der Waals surface area contributed by atoms with Crippen LogP contribution in [-0.2, 0) is 0 Å². The Bertz CT molecular complexity index is 989. The minimum Gasteiger partial charge on any atom is -0.383 e. The predicted octanol–water partition coefficient (Wildman–Crippen LogP) is 3.81. The van der Waals surface area contributed by atoms with Gasteiger partial charge in [0.1, 0.15) is 5.82 Å². The van der Waals surface area contributed by atoms with Gasteiger partial charge in [0.2, 0.25) is 0 Å². The van der Waals surface area contributed by atoms with Crippen molar-refractivity contribution in [2.75, 3.05) is 5.73 Å². The number of aryl methyl sites for hydroxylation is 1. The van der Waals surface area contributed by atoms with Crippen LogP contribution in [0.1, 0.15) is 29.9 Å². The zero-order valence-electron chi connectivity index (χ0n) is 12.7. The first kappa shape index (κ1) is 14.3. The van der Waals surface area contributed by atoms with Crippen LogP contribution in [0.3, 0.4) is 0 Å². The van der Waals surface area contributed by atoms with Crippen LogP contribution < -0.4 is 11.4 Å². The Kier molecular flexibility index (Phi) is 3.16. The Hall–Kier alpha value is -2.33. The second-order valence-electron chi connectivity index (χ2n) is 6.07. The third kappa shape index (κ3) is 2.30. The molecule has 0 spiro atoms. The average molecular weight is 326 g/mol. The lowest BCUT2D eigenvalue weighted by Gasteiger charge is -2.15. The Morgan fingerprint density at radius 2 is 2.00 bits per heavy atom. The van der Waals surface area contributed by atoms with Crippen molar-refractivity contribution >= 4 is 28.3 Å². The first-order valence-electron chi connectivity index (χ1n) is 7.64. The predicted molar refractivity (Wildman–Crippen MR) is 93.5 cm³/mol. The molecular formula is C18H16ClN3O. The Labute approximate surface area is 138 Å². The van der Waals surface area contributed by atoms with Crippen LogP contribution in [0.25, 0.3) is 16.6 Å². The smallest absolute Gasteiger partial charge is 0.354 e. The van der Waals surface area contributed by atoms with Crippen molar-refractivity contribution in [3.8, 4) is 5.69 Å². The number of anilines is 1. The van der Waals surface area contributed by atoms with Gasteiger partial charge in [-0.3, -0.25) is 4.57 Å². The molecule has 1 heterocycles. The number of nitrogens with zero attached hydrogens (tertiary/aromatic N) is 2. The number of benzene rings is 2. The van der Waals surface area contributed by atoms with E-state index in [9.17, 15) is 4.79 Å².